The average Bonchev–Trinajstić information content (AvgIpc) is 3.03. The highest BCUT2D eigenvalue weighted by molar-refractivity contribution is 7.90. The second kappa shape index (κ2) is 22.6. The fourth-order valence-corrected chi connectivity index (χ4v) is 5.44. The molecule has 54 heavy (non-hydrogen) atoms. The Morgan fingerprint density at radius 2 is 1.22 bits per heavy atom. The standard InChI is InChI=1S/C35H59N7O11S/c1-34(2,3)52-32(48)38-18-10-8-14-25(40-28(43)24(36)21-23-13-12-17-37-22-23)29(44)41-26(16-20-54(7,50)51)30(45)42-27(31(46)47)15-9-11-19-39-33(49)53-35(4,5)6/h12-13,17,22,24-27H,8-11,14-16,18-21,36H2,1-7H3,(H,38,48)(H,39,49)(H,40,43)(H,41,44)(H,42,45)(H,46,47)/t24-,25-,26-,27-/m0/s1. The first-order chi connectivity index (χ1) is 25.0. The number of unbranched alkanes of at least 4 members (excludes halogenated alkanes) is 2. The third kappa shape index (κ3) is 22.5. The Balaban J connectivity index is 3.05. The maximum atomic E-state index is 13.7. The number of nitrogens with one attached hydrogen (secondary N) is 5. The molecule has 306 valence electrons. The second-order valence-corrected chi connectivity index (χ2v) is 17.2. The Kier molecular flexibility index (Phi) is 19.9. The van der Waals surface area contributed by atoms with Crippen molar-refractivity contribution in [1.82, 2.24) is 31.6 Å². The Morgan fingerprint density at radius 3 is 1.67 bits per heavy atom. The van der Waals surface area contributed by atoms with E-state index in [0.717, 1.165) is 6.26 Å². The number of amides is 5. The van der Waals surface area contributed by atoms with Gasteiger partial charge in [0.2, 0.25) is 17.7 Å². The summed E-state index contributed by atoms with van der Waals surface area (Å²) in [5.41, 5.74) is 5.43. The number of carboxylic acids is 1. The van der Waals surface area contributed by atoms with Crippen molar-refractivity contribution >= 4 is 45.7 Å². The number of nitrogens with two attached hydrogens (primary N) is 1. The number of pyridine rings is 1. The van der Waals surface area contributed by atoms with Gasteiger partial charge >= 0.3 is 18.2 Å². The third-order valence-electron chi connectivity index (χ3n) is 7.35. The van der Waals surface area contributed by atoms with Gasteiger partial charge in [0.1, 0.15) is 39.2 Å². The normalized spacial score (nSPS) is 14.0. The largest absolute Gasteiger partial charge is 0.480 e. The van der Waals surface area contributed by atoms with Gasteiger partial charge in [-0.2, -0.15) is 0 Å². The van der Waals surface area contributed by atoms with Gasteiger partial charge in [0.05, 0.1) is 11.8 Å². The summed E-state index contributed by atoms with van der Waals surface area (Å²) >= 11 is 0. The Morgan fingerprint density at radius 1 is 0.759 bits per heavy atom. The number of ether oxygens (including phenoxy) is 2. The third-order valence-corrected chi connectivity index (χ3v) is 8.33. The smallest absolute Gasteiger partial charge is 0.407 e. The van der Waals surface area contributed by atoms with Gasteiger partial charge in [-0.05, 0) is 105 Å². The average molecular weight is 786 g/mol. The predicted molar refractivity (Wildman–Crippen MR) is 200 cm³/mol. The molecule has 0 unspecified atom stereocenters. The number of carbonyl (C=O) groups is 6. The number of hydrogen-bond donors (Lipinski definition) is 7. The van der Waals surface area contributed by atoms with Gasteiger partial charge in [0.15, 0.2) is 0 Å². The molecule has 0 saturated carbocycles. The molecular formula is C35H59N7O11S. The summed E-state index contributed by atoms with van der Waals surface area (Å²) in [5.74, 6) is -4.31. The Labute approximate surface area is 317 Å². The number of nitrogens with zero attached hydrogens (tertiary/aromatic N) is 1. The minimum Gasteiger partial charge on any atom is -0.480 e. The highest BCUT2D eigenvalue weighted by Gasteiger charge is 2.31. The van der Waals surface area contributed by atoms with Crippen LogP contribution >= 0.6 is 0 Å². The van der Waals surface area contributed by atoms with Gasteiger partial charge in [-0.3, -0.25) is 19.4 Å². The zero-order valence-corrected chi connectivity index (χ0v) is 33.2. The minimum atomic E-state index is -3.62. The van der Waals surface area contributed by atoms with Crippen molar-refractivity contribution in [3.63, 3.8) is 0 Å². The van der Waals surface area contributed by atoms with Gasteiger partial charge in [-0.1, -0.05) is 6.07 Å². The molecule has 0 bridgehead atoms. The van der Waals surface area contributed by atoms with Gasteiger partial charge in [0.25, 0.3) is 0 Å². The molecule has 5 amide bonds. The maximum Gasteiger partial charge on any atom is 0.407 e. The van der Waals surface area contributed by atoms with Crippen molar-refractivity contribution in [2.75, 3.05) is 25.1 Å². The quantitative estimate of drug-likeness (QED) is 0.0819. The Hall–Kier alpha value is -4.52. The van der Waals surface area contributed by atoms with Crippen molar-refractivity contribution in [3.05, 3.63) is 30.1 Å². The van der Waals surface area contributed by atoms with Crippen molar-refractivity contribution in [2.24, 2.45) is 5.73 Å². The summed E-state index contributed by atoms with van der Waals surface area (Å²) in [6.07, 6.45) is 3.90. The zero-order valence-electron chi connectivity index (χ0n) is 32.4. The van der Waals surface area contributed by atoms with E-state index in [-0.39, 0.29) is 45.2 Å². The van der Waals surface area contributed by atoms with E-state index < -0.39 is 86.8 Å². The molecule has 0 saturated heterocycles. The van der Waals surface area contributed by atoms with E-state index in [4.69, 9.17) is 15.2 Å². The molecule has 4 atom stereocenters. The molecule has 0 radical (unpaired) electrons. The molecule has 1 aromatic rings. The minimum absolute atomic E-state index is 0.0331. The number of sulfone groups is 1. The molecule has 0 aromatic carbocycles. The number of aliphatic carboxylic acids is 1. The van der Waals surface area contributed by atoms with Crippen LogP contribution in [0.3, 0.4) is 0 Å². The van der Waals surface area contributed by atoms with Gasteiger partial charge in [-0.15, -0.1) is 0 Å². The summed E-state index contributed by atoms with van der Waals surface area (Å²) < 4.78 is 34.5. The SMILES string of the molecule is CC(C)(C)OC(=O)NCCCC[C@H](NC(=O)[C@H](CCS(C)(=O)=O)NC(=O)[C@H](CCCCNC(=O)OC(C)(C)C)NC(=O)[C@@H](N)Cc1cccnc1)C(=O)O. The van der Waals surface area contributed by atoms with Crippen LogP contribution in [0.2, 0.25) is 0 Å². The number of aromatic nitrogens is 1. The van der Waals surface area contributed by atoms with Crippen LogP contribution in [0.1, 0.15) is 92.1 Å². The van der Waals surface area contributed by atoms with Crippen LogP contribution in [0, 0.1) is 0 Å². The monoisotopic (exact) mass is 785 g/mol. The molecule has 0 aliphatic rings. The van der Waals surface area contributed by atoms with Crippen molar-refractivity contribution < 1.29 is 51.8 Å². The second-order valence-electron chi connectivity index (χ2n) is 15.0. The van der Waals surface area contributed by atoms with Crippen LogP contribution in [0.4, 0.5) is 9.59 Å². The summed E-state index contributed by atoms with van der Waals surface area (Å²) in [6.45, 7) is 10.7. The molecule has 1 aromatic heterocycles. The van der Waals surface area contributed by atoms with E-state index in [1.54, 1.807) is 66.1 Å². The fraction of sp³-hybridized carbons (Fsp3) is 0.686. The van der Waals surface area contributed by atoms with Crippen molar-refractivity contribution in [2.45, 2.75) is 128 Å². The molecule has 8 N–H and O–H groups in total. The number of alkyl carbamates (subject to hydrolysis) is 2. The summed E-state index contributed by atoms with van der Waals surface area (Å²) in [6, 6.07) is -1.77. The number of carbonyl (C=O) groups excluding carboxylic acids is 5. The van der Waals surface area contributed by atoms with Crippen LogP contribution in [0.5, 0.6) is 0 Å². The van der Waals surface area contributed by atoms with E-state index in [0.29, 0.717) is 24.8 Å². The van der Waals surface area contributed by atoms with E-state index in [2.05, 4.69) is 31.6 Å². The van der Waals surface area contributed by atoms with Crippen LogP contribution < -0.4 is 32.3 Å². The highest BCUT2D eigenvalue weighted by Crippen LogP contribution is 2.10. The fourth-order valence-electron chi connectivity index (χ4n) is 4.77. The first-order valence-electron chi connectivity index (χ1n) is 17.9. The molecule has 1 heterocycles. The molecular weight excluding hydrogens is 726 g/mol. The lowest BCUT2D eigenvalue weighted by atomic mass is 10.0. The van der Waals surface area contributed by atoms with E-state index >= 15 is 0 Å². The molecule has 0 spiro atoms. The summed E-state index contributed by atoms with van der Waals surface area (Å²) in [4.78, 5) is 80.2. The van der Waals surface area contributed by atoms with Crippen LogP contribution in [0.15, 0.2) is 24.5 Å². The zero-order chi connectivity index (χ0) is 41.1. The van der Waals surface area contributed by atoms with Gasteiger partial charge < -0.3 is 46.9 Å². The number of carboxylic acid groups (broad SMARTS) is 1. The molecule has 1 rings (SSSR count). The van der Waals surface area contributed by atoms with Gasteiger partial charge in [0, 0.05) is 31.7 Å². The first-order valence-corrected chi connectivity index (χ1v) is 19.9. The predicted octanol–water partition coefficient (Wildman–Crippen LogP) is 1.32. The van der Waals surface area contributed by atoms with E-state index in [1.165, 1.54) is 0 Å². The number of hydrogen-bond acceptors (Lipinski definition) is 12. The van der Waals surface area contributed by atoms with Crippen molar-refractivity contribution in [1.29, 1.82) is 0 Å². The lowest BCUT2D eigenvalue weighted by molar-refractivity contribution is -0.142. The lowest BCUT2D eigenvalue weighted by Gasteiger charge is -2.25. The molecule has 19 heteroatoms. The van der Waals surface area contributed by atoms with E-state index in [1.807, 2.05) is 0 Å². The molecule has 0 fully saturated rings. The summed E-state index contributed by atoms with van der Waals surface area (Å²) in [5, 5.41) is 22.5. The molecule has 18 nitrogen and oxygen atoms in total. The van der Waals surface area contributed by atoms with Crippen LogP contribution in [0.25, 0.3) is 0 Å². The number of rotatable bonds is 22. The first kappa shape index (κ1) is 47.5. The van der Waals surface area contributed by atoms with Crippen LogP contribution in [-0.4, -0.2) is 115 Å². The van der Waals surface area contributed by atoms with Crippen LogP contribution in [-0.2, 0) is 44.9 Å². The topological polar surface area (TPSA) is 274 Å². The molecule has 0 aliphatic heterocycles. The van der Waals surface area contributed by atoms with E-state index in [9.17, 15) is 42.3 Å². The lowest BCUT2D eigenvalue weighted by Crippen LogP contribution is -2.57. The molecule has 0 aliphatic carbocycles. The summed E-state index contributed by atoms with van der Waals surface area (Å²) in [7, 11) is -3.62. The Bertz CT molecular complexity index is 1500. The maximum absolute atomic E-state index is 13.7. The van der Waals surface area contributed by atoms with Gasteiger partial charge in [-0.25, -0.2) is 22.8 Å². The van der Waals surface area contributed by atoms with Crippen molar-refractivity contribution in [3.8, 4) is 0 Å². The highest BCUT2D eigenvalue weighted by atomic mass is 32.2.